The molecule has 21 N–H and O–H groups in total. The summed E-state index contributed by atoms with van der Waals surface area (Å²) >= 11 is 20.6. The Morgan fingerprint density at radius 3 is 1.93 bits per heavy atom. The Hall–Kier alpha value is -11.2. The summed E-state index contributed by atoms with van der Waals surface area (Å²) in [6.45, 7) is 4.97. The fraction of sp³-hybridized carbons (Fsp3) is 0.390. The lowest BCUT2D eigenvalue weighted by atomic mass is 9.89. The summed E-state index contributed by atoms with van der Waals surface area (Å²) in [4.78, 5) is 123. The normalized spacial score (nSPS) is 25.7. The SMILES string of the molecule is CN[C@H](CC(C)C)C(=O)N[C@H]1C(=O)N[C@@H](CC(N)=O)C(=O)N[C@H]2C(=O)NC3C(=O)N[C@H](C(=O)N[C@@H](C(=O)NCCCCN)c4cc(O)cc(O)c4-c4cc3ccc4O)[C@H](O)c3ccc(c(Cl)c3)Oc3cc2cc(c3OC2OC(CN=[N+]=[N-])C(O)C(O)C2OC2CC(NCc3ccc(-c4ccc(Cl)cc4)cc3)C(O)C(C)O2)Oc2ccc(cc2Cl)[C@H]1O. The lowest BCUT2D eigenvalue weighted by Crippen LogP contribution is -2.62. The standard InChI is InChI=1S/C82H91Cl3N14O22/c1-35(2)23-51(89-4)75(109)97-66-69(105)41-14-19-55(48(84)25-41)117-57-27-43-28-58(73(57)121-82-74(72(108)71(107)59(119-82)34-92-99-88)120-61-32-50(68(104)36(3)116-61)91-33-37-7-9-38(10-8-37)39-11-16-44(83)17-12-39)118-56-20-15-42(26-49(56)85)70(106)67-81(115)96-65(77(111)90-22-6-5-21-86)47-29-45(100)30-54(102)62(47)46-24-40(13-18-53(46)101)63(78(112)98-67)95-79(113)64(43)94-76(110)52(31-60(87)103)93-80(66)114/h7-20,24-30,35-36,50-52,59,61,63-72,74,82,89,91,100-102,104-108H,5-6,21-23,31-34,86H2,1-4H3,(H2,87,103)(H,90,111)(H,93,114)(H,94,110)(H,95,113)(H,96,115)(H,97,109)(H,98,112)/t36?,50?,51-,52+,59?,61?,63?,64-,65-,66-,67+,68?,69-,70-,71?,72?,74?,82?/m1/s1. The van der Waals surface area contributed by atoms with Crippen molar-refractivity contribution in [3.63, 3.8) is 0 Å². The molecule has 0 radical (unpaired) electrons. The van der Waals surface area contributed by atoms with E-state index in [1.165, 1.54) is 25.2 Å². The number of carbonyl (C=O) groups excluding carboxylic acids is 8. The van der Waals surface area contributed by atoms with E-state index < -0.39 is 221 Å². The number of halogens is 3. The first kappa shape index (κ1) is 89.1. The van der Waals surface area contributed by atoms with Gasteiger partial charge < -0.3 is 129 Å². The van der Waals surface area contributed by atoms with E-state index in [9.17, 15) is 60.8 Å². The van der Waals surface area contributed by atoms with Gasteiger partial charge >= 0.3 is 0 Å². The Morgan fingerprint density at radius 1 is 0.678 bits per heavy atom. The molecular formula is C82H91Cl3N14O22. The number of amides is 8. The molecule has 0 aromatic heterocycles. The average molecular weight is 1730 g/mol. The van der Waals surface area contributed by atoms with Crippen LogP contribution >= 0.6 is 34.8 Å². The van der Waals surface area contributed by atoms with Crippen molar-refractivity contribution >= 4 is 82.1 Å². The molecule has 36 nitrogen and oxygen atoms in total. The number of nitrogens with zero attached hydrogens (tertiary/aromatic N) is 3. The minimum Gasteiger partial charge on any atom is -0.508 e. The van der Waals surface area contributed by atoms with Gasteiger partial charge in [0.05, 0.1) is 47.4 Å². The first-order valence-electron chi connectivity index (χ1n) is 38.7. The van der Waals surface area contributed by atoms with Crippen molar-refractivity contribution in [1.29, 1.82) is 0 Å². The van der Waals surface area contributed by atoms with Crippen molar-refractivity contribution in [1.82, 2.24) is 47.9 Å². The molecule has 0 saturated carbocycles. The molecule has 121 heavy (non-hydrogen) atoms. The van der Waals surface area contributed by atoms with Gasteiger partial charge in [-0.3, -0.25) is 38.4 Å². The molecule has 0 aliphatic carbocycles. The highest BCUT2D eigenvalue weighted by molar-refractivity contribution is 6.32. The van der Waals surface area contributed by atoms with E-state index in [1.54, 1.807) is 19.1 Å². The van der Waals surface area contributed by atoms with Crippen LogP contribution in [0.2, 0.25) is 15.1 Å². The number of aliphatic hydroxyl groups excluding tert-OH is 5. The molecule has 7 heterocycles. The maximum Gasteiger partial charge on any atom is 0.248 e. The molecule has 7 aliphatic rings. The van der Waals surface area contributed by atoms with Gasteiger partial charge in [0.1, 0.15) is 89.4 Å². The molecule has 642 valence electrons. The molecule has 7 aromatic rings. The van der Waals surface area contributed by atoms with Crippen molar-refractivity contribution in [3.8, 4) is 68.2 Å². The van der Waals surface area contributed by atoms with Crippen LogP contribution in [0.3, 0.4) is 0 Å². The fourth-order valence-electron chi connectivity index (χ4n) is 14.8. The molecule has 39 heteroatoms. The first-order chi connectivity index (χ1) is 57.8. The maximum atomic E-state index is 16.4. The zero-order valence-electron chi connectivity index (χ0n) is 65.4. The number of unbranched alkanes of at least 4 members (excludes halogenated alkanes) is 1. The van der Waals surface area contributed by atoms with Crippen LogP contribution in [0, 0.1) is 5.92 Å². The van der Waals surface area contributed by atoms with Crippen LogP contribution in [0.1, 0.15) is 117 Å². The van der Waals surface area contributed by atoms with Gasteiger partial charge in [0.25, 0.3) is 0 Å². The number of fused-ring (bicyclic) bond motifs is 15. The van der Waals surface area contributed by atoms with Crippen molar-refractivity contribution in [2.75, 3.05) is 26.7 Å². The van der Waals surface area contributed by atoms with Crippen LogP contribution in [0.15, 0.2) is 133 Å². The highest BCUT2D eigenvalue weighted by Crippen LogP contribution is 2.50. The van der Waals surface area contributed by atoms with Gasteiger partial charge in [0, 0.05) is 52.7 Å². The van der Waals surface area contributed by atoms with Crippen molar-refractivity contribution in [2.45, 2.75) is 169 Å². The molecular weight excluding hydrogens is 1640 g/mol. The summed E-state index contributed by atoms with van der Waals surface area (Å²) < 4.78 is 39.8. The summed E-state index contributed by atoms with van der Waals surface area (Å²) in [5.41, 5.74) is 21.5. The Bertz CT molecular complexity index is 5090. The molecule has 8 amide bonds. The largest absolute Gasteiger partial charge is 0.508 e. The number of likely N-dealkylation sites (N-methyl/N-ethyl adjacent to an activating group) is 1. The van der Waals surface area contributed by atoms with E-state index in [-0.39, 0.29) is 82.7 Å². The zero-order valence-corrected chi connectivity index (χ0v) is 67.6. The first-order valence-corrected chi connectivity index (χ1v) is 39.8. The zero-order chi connectivity index (χ0) is 86.9. The lowest BCUT2D eigenvalue weighted by molar-refractivity contribution is -0.327. The second-order valence-electron chi connectivity index (χ2n) is 30.2. The number of rotatable bonds is 22. The maximum absolute atomic E-state index is 16.4. The number of aromatic hydroxyl groups is 3. The van der Waals surface area contributed by atoms with Gasteiger partial charge in [-0.05, 0) is 162 Å². The highest BCUT2D eigenvalue weighted by Gasteiger charge is 2.51. The number of phenols is 3. The Labute approximate surface area is 706 Å². The van der Waals surface area contributed by atoms with Crippen LogP contribution in [-0.4, -0.2) is 194 Å². The fourth-order valence-corrected chi connectivity index (χ4v) is 15.4. The van der Waals surface area contributed by atoms with Crippen LogP contribution < -0.4 is 73.5 Å². The minimum atomic E-state index is -2.36. The monoisotopic (exact) mass is 1730 g/mol. The van der Waals surface area contributed by atoms with Gasteiger partial charge in [-0.15, -0.1) is 0 Å². The number of nitrogens with one attached hydrogen (secondary N) is 9. The number of ether oxygens (including phenoxy) is 6. The molecule has 2 fully saturated rings. The molecule has 10 unspecified atom stereocenters. The van der Waals surface area contributed by atoms with Crippen LogP contribution in [0.4, 0.5) is 0 Å². The number of nitrogens with two attached hydrogens (primary N) is 2. The van der Waals surface area contributed by atoms with Crippen LogP contribution in [0.25, 0.3) is 32.7 Å². The van der Waals surface area contributed by atoms with E-state index in [0.717, 1.165) is 77.4 Å². The summed E-state index contributed by atoms with van der Waals surface area (Å²) in [5, 5.41) is 124. The van der Waals surface area contributed by atoms with E-state index in [0.29, 0.717) is 17.9 Å². The third-order valence-corrected chi connectivity index (χ3v) is 22.0. The number of primary amides is 1. The van der Waals surface area contributed by atoms with Gasteiger partial charge in [0.15, 0.2) is 23.9 Å². The summed E-state index contributed by atoms with van der Waals surface area (Å²) in [6.07, 6.45) is -17.7. The van der Waals surface area contributed by atoms with Crippen molar-refractivity contribution in [3.05, 3.63) is 186 Å². The average Bonchev–Trinajstić information content (AvgIpc) is 0.763. The number of hydrogen-bond donors (Lipinski definition) is 19. The second kappa shape index (κ2) is 39.1. The lowest BCUT2D eigenvalue weighted by Gasteiger charge is -2.45. The van der Waals surface area contributed by atoms with Crippen molar-refractivity contribution < 1.29 is 108 Å². The van der Waals surface area contributed by atoms with Crippen LogP contribution in [0.5, 0.6) is 46.0 Å². The summed E-state index contributed by atoms with van der Waals surface area (Å²) in [5.74, 6) is -14.7. The van der Waals surface area contributed by atoms with Gasteiger partial charge in [-0.25, -0.2) is 0 Å². The molecule has 0 spiro atoms. The van der Waals surface area contributed by atoms with E-state index >= 15 is 24.0 Å². The van der Waals surface area contributed by atoms with E-state index in [1.807, 2.05) is 50.2 Å². The van der Waals surface area contributed by atoms with Gasteiger partial charge in [-0.2, -0.15) is 0 Å². The Kier molecular flexibility index (Phi) is 28.8. The van der Waals surface area contributed by atoms with Gasteiger partial charge in [0.2, 0.25) is 59.3 Å². The smallest absolute Gasteiger partial charge is 0.248 e. The highest BCUT2D eigenvalue weighted by atomic mass is 35.5. The number of benzene rings is 7. The second-order valence-corrected chi connectivity index (χ2v) is 31.4. The molecule has 7 aromatic carbocycles. The van der Waals surface area contributed by atoms with Gasteiger partial charge in [-0.1, -0.05) is 108 Å². The molecule has 14 rings (SSSR count). The molecule has 18 atom stereocenters. The minimum absolute atomic E-state index is 0.0296. The Balaban J connectivity index is 1.04. The quantitative estimate of drug-likeness (QED) is 0.0185. The molecule has 11 bridgehead atoms. The number of phenolic OH excluding ortho intramolecular Hbond substituents is 3. The topological polar surface area (TPSA) is 563 Å². The number of aliphatic hydroxyl groups is 5. The van der Waals surface area contributed by atoms with E-state index in [2.05, 4.69) is 57.9 Å². The Morgan fingerprint density at radius 2 is 1.31 bits per heavy atom. The number of carbonyl (C=O) groups is 8. The third-order valence-electron chi connectivity index (χ3n) is 21.2. The predicted molar refractivity (Wildman–Crippen MR) is 435 cm³/mol. The van der Waals surface area contributed by atoms with Crippen LogP contribution in [-0.2, 0) is 59.1 Å². The number of hydrogen-bond acceptors (Lipinski definition) is 26. The number of azide groups is 1. The third kappa shape index (κ3) is 20.7. The summed E-state index contributed by atoms with van der Waals surface area (Å²) in [7, 11) is 1.48. The van der Waals surface area contributed by atoms with E-state index in [4.69, 9.17) is 74.7 Å². The molecule has 2 saturated heterocycles. The molecule has 7 aliphatic heterocycles. The predicted octanol–water partition coefficient (Wildman–Crippen LogP) is 4.96. The summed E-state index contributed by atoms with van der Waals surface area (Å²) in [6, 6.07) is 14.4. The van der Waals surface area contributed by atoms with Crippen molar-refractivity contribution in [2.24, 2.45) is 22.5 Å².